The third kappa shape index (κ3) is 3.17. The van der Waals surface area contributed by atoms with Gasteiger partial charge in [-0.3, -0.25) is 0 Å². The number of rotatable bonds is 5. The molecular formula is C15H15FO3S. The van der Waals surface area contributed by atoms with Crippen molar-refractivity contribution in [2.24, 2.45) is 0 Å². The highest BCUT2D eigenvalue weighted by Crippen LogP contribution is 2.34. The SMILES string of the molecule is CC(C)c1cc(OCc2ccccc2F)c(C(=O)O)s1. The lowest BCUT2D eigenvalue weighted by atomic mass is 10.2. The first-order valence-corrected chi connectivity index (χ1v) is 7.04. The molecule has 0 saturated heterocycles. The molecule has 0 aliphatic rings. The lowest BCUT2D eigenvalue weighted by molar-refractivity contribution is 0.0697. The molecular weight excluding hydrogens is 279 g/mol. The van der Waals surface area contributed by atoms with Gasteiger partial charge < -0.3 is 9.84 Å². The Bertz CT molecular complexity index is 619. The normalized spacial score (nSPS) is 10.8. The molecule has 2 rings (SSSR count). The van der Waals surface area contributed by atoms with Crippen LogP contribution in [0.25, 0.3) is 0 Å². The molecule has 0 atom stereocenters. The number of carbonyl (C=O) groups is 1. The molecule has 106 valence electrons. The van der Waals surface area contributed by atoms with Crippen molar-refractivity contribution >= 4 is 17.3 Å². The maximum Gasteiger partial charge on any atom is 0.349 e. The topological polar surface area (TPSA) is 46.5 Å². The van der Waals surface area contributed by atoms with Crippen LogP contribution in [0.3, 0.4) is 0 Å². The van der Waals surface area contributed by atoms with Crippen LogP contribution in [-0.2, 0) is 6.61 Å². The van der Waals surface area contributed by atoms with Crippen LogP contribution in [0.4, 0.5) is 4.39 Å². The summed E-state index contributed by atoms with van der Waals surface area (Å²) < 4.78 is 19.0. The molecule has 2 aromatic rings. The summed E-state index contributed by atoms with van der Waals surface area (Å²) in [7, 11) is 0. The minimum absolute atomic E-state index is 0.0151. The molecule has 0 spiro atoms. The molecule has 0 saturated carbocycles. The average molecular weight is 294 g/mol. The lowest BCUT2D eigenvalue weighted by Crippen LogP contribution is -2.01. The molecule has 1 aromatic carbocycles. The van der Waals surface area contributed by atoms with E-state index in [2.05, 4.69) is 0 Å². The molecule has 20 heavy (non-hydrogen) atoms. The van der Waals surface area contributed by atoms with Gasteiger partial charge in [-0.2, -0.15) is 0 Å². The van der Waals surface area contributed by atoms with Gasteiger partial charge in [0.15, 0.2) is 4.88 Å². The molecule has 0 unspecified atom stereocenters. The number of hydrogen-bond donors (Lipinski definition) is 1. The second-order valence-electron chi connectivity index (χ2n) is 4.68. The van der Waals surface area contributed by atoms with Crippen LogP contribution in [0.5, 0.6) is 5.75 Å². The third-order valence-corrected chi connectivity index (χ3v) is 4.23. The number of hydrogen-bond acceptors (Lipinski definition) is 3. The zero-order chi connectivity index (χ0) is 14.7. The van der Waals surface area contributed by atoms with Gasteiger partial charge in [0, 0.05) is 10.4 Å². The van der Waals surface area contributed by atoms with Gasteiger partial charge in [-0.05, 0) is 18.1 Å². The number of aromatic carboxylic acids is 1. The number of halogens is 1. The maximum atomic E-state index is 13.5. The van der Waals surface area contributed by atoms with Crippen molar-refractivity contribution in [3.05, 3.63) is 51.5 Å². The standard InChI is InChI=1S/C15H15FO3S/c1-9(2)13-7-12(14(20-13)15(17)18)19-8-10-5-3-4-6-11(10)16/h3-7,9H,8H2,1-2H3,(H,17,18). The Labute approximate surface area is 120 Å². The van der Waals surface area contributed by atoms with Gasteiger partial charge in [-0.1, -0.05) is 32.0 Å². The van der Waals surface area contributed by atoms with Crippen LogP contribution in [0.2, 0.25) is 0 Å². The largest absolute Gasteiger partial charge is 0.487 e. The molecule has 0 amide bonds. The van der Waals surface area contributed by atoms with Crippen molar-refractivity contribution < 1.29 is 19.0 Å². The summed E-state index contributed by atoms with van der Waals surface area (Å²) in [5, 5.41) is 9.17. The molecule has 0 aliphatic heterocycles. The molecule has 0 radical (unpaired) electrons. The molecule has 0 bridgehead atoms. The minimum Gasteiger partial charge on any atom is -0.487 e. The van der Waals surface area contributed by atoms with Gasteiger partial charge >= 0.3 is 5.97 Å². The Morgan fingerprint density at radius 1 is 1.40 bits per heavy atom. The highest BCUT2D eigenvalue weighted by atomic mass is 32.1. The molecule has 1 heterocycles. The first-order chi connectivity index (χ1) is 9.49. The Kier molecular flexibility index (Phi) is 4.39. The van der Waals surface area contributed by atoms with Crippen molar-refractivity contribution in [3.8, 4) is 5.75 Å². The molecule has 0 aliphatic carbocycles. The van der Waals surface area contributed by atoms with E-state index in [0.717, 1.165) is 4.88 Å². The van der Waals surface area contributed by atoms with E-state index in [1.54, 1.807) is 24.3 Å². The summed E-state index contributed by atoms with van der Waals surface area (Å²) in [6.07, 6.45) is 0. The van der Waals surface area contributed by atoms with E-state index in [1.165, 1.54) is 17.4 Å². The predicted molar refractivity (Wildman–Crippen MR) is 76.1 cm³/mol. The highest BCUT2D eigenvalue weighted by Gasteiger charge is 2.18. The first kappa shape index (κ1) is 14.5. The summed E-state index contributed by atoms with van der Waals surface area (Å²) in [6, 6.07) is 8.01. The second kappa shape index (κ2) is 6.05. The Morgan fingerprint density at radius 3 is 2.70 bits per heavy atom. The van der Waals surface area contributed by atoms with E-state index >= 15 is 0 Å². The van der Waals surface area contributed by atoms with E-state index < -0.39 is 5.97 Å². The van der Waals surface area contributed by atoms with Crippen LogP contribution in [-0.4, -0.2) is 11.1 Å². The lowest BCUT2D eigenvalue weighted by Gasteiger charge is -2.06. The monoisotopic (exact) mass is 294 g/mol. The highest BCUT2D eigenvalue weighted by molar-refractivity contribution is 7.14. The van der Waals surface area contributed by atoms with Crippen LogP contribution in [0.15, 0.2) is 30.3 Å². The zero-order valence-electron chi connectivity index (χ0n) is 11.2. The van der Waals surface area contributed by atoms with E-state index in [4.69, 9.17) is 9.84 Å². The first-order valence-electron chi connectivity index (χ1n) is 6.22. The van der Waals surface area contributed by atoms with Gasteiger partial charge in [-0.15, -0.1) is 11.3 Å². The fourth-order valence-corrected chi connectivity index (χ4v) is 2.65. The van der Waals surface area contributed by atoms with E-state index in [-0.39, 0.29) is 23.2 Å². The van der Waals surface area contributed by atoms with E-state index in [1.807, 2.05) is 13.8 Å². The summed E-state index contributed by atoms with van der Waals surface area (Å²) >= 11 is 1.20. The summed E-state index contributed by atoms with van der Waals surface area (Å²) in [4.78, 5) is 12.3. The van der Waals surface area contributed by atoms with Crippen molar-refractivity contribution in [1.29, 1.82) is 0 Å². The number of thiophene rings is 1. The number of carboxylic acids is 1. The average Bonchev–Trinajstić information content (AvgIpc) is 2.82. The fourth-order valence-electron chi connectivity index (χ4n) is 1.70. The van der Waals surface area contributed by atoms with Crippen LogP contribution in [0.1, 0.15) is 39.9 Å². The zero-order valence-corrected chi connectivity index (χ0v) is 12.0. The van der Waals surface area contributed by atoms with Gasteiger partial charge in [0.2, 0.25) is 0 Å². The smallest absolute Gasteiger partial charge is 0.349 e. The van der Waals surface area contributed by atoms with E-state index in [0.29, 0.717) is 11.3 Å². The van der Waals surface area contributed by atoms with Gasteiger partial charge in [0.25, 0.3) is 0 Å². The van der Waals surface area contributed by atoms with Crippen LogP contribution >= 0.6 is 11.3 Å². The molecule has 5 heteroatoms. The molecule has 0 fully saturated rings. The second-order valence-corrected chi connectivity index (χ2v) is 5.77. The van der Waals surface area contributed by atoms with Crippen LogP contribution < -0.4 is 4.74 Å². The van der Waals surface area contributed by atoms with E-state index in [9.17, 15) is 9.18 Å². The van der Waals surface area contributed by atoms with Crippen LogP contribution in [0, 0.1) is 5.82 Å². The summed E-state index contributed by atoms with van der Waals surface area (Å²) in [5.74, 6) is -0.854. The van der Waals surface area contributed by atoms with Crippen molar-refractivity contribution in [1.82, 2.24) is 0 Å². The summed E-state index contributed by atoms with van der Waals surface area (Å²) in [5.41, 5.74) is 0.404. The summed E-state index contributed by atoms with van der Waals surface area (Å²) in [6.45, 7) is 3.98. The van der Waals surface area contributed by atoms with Gasteiger partial charge in [-0.25, -0.2) is 9.18 Å². The van der Waals surface area contributed by atoms with Crippen molar-refractivity contribution in [2.75, 3.05) is 0 Å². The predicted octanol–water partition coefficient (Wildman–Crippen LogP) is 4.29. The Balaban J connectivity index is 2.20. The van der Waals surface area contributed by atoms with Crippen molar-refractivity contribution in [3.63, 3.8) is 0 Å². The molecule has 1 N–H and O–H groups in total. The Hall–Kier alpha value is -1.88. The number of ether oxygens (including phenoxy) is 1. The fraction of sp³-hybridized carbons (Fsp3) is 0.267. The molecule has 1 aromatic heterocycles. The van der Waals surface area contributed by atoms with Crippen molar-refractivity contribution in [2.45, 2.75) is 26.4 Å². The number of benzene rings is 1. The molecule has 3 nitrogen and oxygen atoms in total. The van der Waals surface area contributed by atoms with Gasteiger partial charge in [0.05, 0.1) is 0 Å². The number of carboxylic acid groups (broad SMARTS) is 1. The minimum atomic E-state index is -1.02. The third-order valence-electron chi connectivity index (χ3n) is 2.82. The van der Waals surface area contributed by atoms with Gasteiger partial charge in [0.1, 0.15) is 18.2 Å². The quantitative estimate of drug-likeness (QED) is 0.895. The maximum absolute atomic E-state index is 13.5. The Morgan fingerprint density at radius 2 is 2.10 bits per heavy atom.